The summed E-state index contributed by atoms with van der Waals surface area (Å²) in [7, 11) is 0. The Bertz CT molecular complexity index is 365. The Labute approximate surface area is 114 Å². The van der Waals surface area contributed by atoms with E-state index in [0.717, 1.165) is 24.8 Å². The van der Waals surface area contributed by atoms with E-state index >= 15 is 0 Å². The molecule has 0 amide bonds. The highest BCUT2D eigenvalue weighted by Crippen LogP contribution is 2.28. The molecule has 1 atom stereocenters. The Kier molecular flexibility index (Phi) is 5.39. The molecule has 2 nitrogen and oxygen atoms in total. The second kappa shape index (κ2) is 7.05. The minimum atomic E-state index is 0.295. The number of hydrogen-bond acceptors (Lipinski definition) is 3. The first-order valence-electron chi connectivity index (χ1n) is 6.86. The van der Waals surface area contributed by atoms with Gasteiger partial charge in [0.15, 0.2) is 0 Å². The van der Waals surface area contributed by atoms with Crippen LogP contribution in [0.25, 0.3) is 0 Å². The number of thioether (sulfide) groups is 1. The van der Waals surface area contributed by atoms with Crippen molar-refractivity contribution in [2.24, 2.45) is 0 Å². The molecule has 0 aromatic heterocycles. The van der Waals surface area contributed by atoms with Gasteiger partial charge in [0.05, 0.1) is 0 Å². The molecule has 1 aliphatic rings. The van der Waals surface area contributed by atoms with Crippen LogP contribution in [0.3, 0.4) is 0 Å². The Morgan fingerprint density at radius 2 is 2.17 bits per heavy atom. The zero-order valence-corrected chi connectivity index (χ0v) is 12.1. The molecule has 1 fully saturated rings. The molecule has 0 heterocycles. The predicted molar refractivity (Wildman–Crippen MR) is 78.6 cm³/mol. The van der Waals surface area contributed by atoms with Crippen LogP contribution in [-0.4, -0.2) is 24.9 Å². The lowest BCUT2D eigenvalue weighted by molar-refractivity contribution is 0.181. The fraction of sp³-hybridized carbons (Fsp3) is 0.600. The van der Waals surface area contributed by atoms with Crippen LogP contribution in [0, 0.1) is 0 Å². The summed E-state index contributed by atoms with van der Waals surface area (Å²) in [6.07, 6.45) is 7.34. The van der Waals surface area contributed by atoms with Gasteiger partial charge < -0.3 is 10.1 Å². The van der Waals surface area contributed by atoms with Crippen LogP contribution < -0.4 is 10.1 Å². The molecule has 0 saturated heterocycles. The van der Waals surface area contributed by atoms with Crippen LogP contribution in [0.1, 0.15) is 32.6 Å². The number of rotatable bonds is 8. The number of para-hydroxylation sites is 1. The third-order valence-corrected chi connectivity index (χ3v) is 3.96. The molecule has 0 spiro atoms. The molecule has 1 N–H and O–H groups in total. The maximum absolute atomic E-state index is 6.17. The number of hydrogen-bond donors (Lipinski definition) is 1. The van der Waals surface area contributed by atoms with E-state index in [9.17, 15) is 0 Å². The number of ether oxygens (including phenoxy) is 1. The van der Waals surface area contributed by atoms with E-state index in [4.69, 9.17) is 4.74 Å². The molecule has 18 heavy (non-hydrogen) atoms. The zero-order chi connectivity index (χ0) is 12.8. The minimum Gasteiger partial charge on any atom is -0.488 e. The van der Waals surface area contributed by atoms with Crippen molar-refractivity contribution in [3.63, 3.8) is 0 Å². The lowest BCUT2D eigenvalue weighted by atomic mass is 10.2. The quantitative estimate of drug-likeness (QED) is 0.724. The topological polar surface area (TPSA) is 21.3 Å². The van der Waals surface area contributed by atoms with Gasteiger partial charge in [-0.1, -0.05) is 25.5 Å². The van der Waals surface area contributed by atoms with Gasteiger partial charge in [-0.15, -0.1) is 11.8 Å². The summed E-state index contributed by atoms with van der Waals surface area (Å²) in [6, 6.07) is 9.06. The largest absolute Gasteiger partial charge is 0.488 e. The van der Waals surface area contributed by atoms with Gasteiger partial charge in [0, 0.05) is 17.5 Å². The van der Waals surface area contributed by atoms with E-state index in [1.165, 1.54) is 24.2 Å². The molecule has 1 aromatic carbocycles. The van der Waals surface area contributed by atoms with Crippen LogP contribution >= 0.6 is 11.8 Å². The number of nitrogens with one attached hydrogen (secondary N) is 1. The van der Waals surface area contributed by atoms with Crippen molar-refractivity contribution < 1.29 is 4.74 Å². The predicted octanol–water partition coefficient (Wildman–Crippen LogP) is 3.71. The van der Waals surface area contributed by atoms with Crippen LogP contribution in [-0.2, 0) is 0 Å². The fourth-order valence-corrected chi connectivity index (χ4v) is 2.54. The molecule has 1 unspecified atom stereocenters. The van der Waals surface area contributed by atoms with Crippen molar-refractivity contribution in [1.29, 1.82) is 0 Å². The van der Waals surface area contributed by atoms with Crippen molar-refractivity contribution in [2.75, 3.05) is 12.8 Å². The summed E-state index contributed by atoms with van der Waals surface area (Å²) in [5, 5.41) is 3.57. The van der Waals surface area contributed by atoms with E-state index in [1.807, 2.05) is 6.07 Å². The molecule has 1 aromatic rings. The molecule has 1 saturated carbocycles. The van der Waals surface area contributed by atoms with Crippen molar-refractivity contribution >= 4 is 11.8 Å². The maximum Gasteiger partial charge on any atom is 0.133 e. The Morgan fingerprint density at radius 1 is 1.39 bits per heavy atom. The molecule has 100 valence electrons. The number of benzene rings is 1. The van der Waals surface area contributed by atoms with Gasteiger partial charge in [-0.05, 0) is 37.7 Å². The minimum absolute atomic E-state index is 0.295. The van der Waals surface area contributed by atoms with Crippen LogP contribution in [0.4, 0.5) is 0 Å². The second-order valence-electron chi connectivity index (χ2n) is 4.86. The molecule has 1 aliphatic carbocycles. The van der Waals surface area contributed by atoms with E-state index in [0.29, 0.717) is 6.10 Å². The third-order valence-electron chi connectivity index (χ3n) is 3.18. The second-order valence-corrected chi connectivity index (χ2v) is 5.71. The Hall–Kier alpha value is -0.670. The molecule has 0 aliphatic heterocycles. The van der Waals surface area contributed by atoms with Gasteiger partial charge in [-0.3, -0.25) is 0 Å². The summed E-state index contributed by atoms with van der Waals surface area (Å²) in [6.45, 7) is 3.19. The van der Waals surface area contributed by atoms with Crippen LogP contribution in [0.5, 0.6) is 5.75 Å². The zero-order valence-electron chi connectivity index (χ0n) is 11.3. The maximum atomic E-state index is 6.17. The summed E-state index contributed by atoms with van der Waals surface area (Å²) in [5.74, 6) is 1.03. The van der Waals surface area contributed by atoms with Crippen LogP contribution in [0.15, 0.2) is 29.2 Å². The molecule has 3 heteroatoms. The Morgan fingerprint density at radius 3 is 2.83 bits per heavy atom. The molecular weight excluding hydrogens is 242 g/mol. The molecule has 2 rings (SSSR count). The molecule has 0 bridgehead atoms. The normalized spacial score (nSPS) is 16.6. The van der Waals surface area contributed by atoms with Crippen molar-refractivity contribution in [2.45, 2.75) is 49.6 Å². The lowest BCUT2D eigenvalue weighted by Crippen LogP contribution is -2.32. The smallest absolute Gasteiger partial charge is 0.133 e. The van der Waals surface area contributed by atoms with E-state index < -0.39 is 0 Å². The van der Waals surface area contributed by atoms with Crippen molar-refractivity contribution in [3.8, 4) is 5.75 Å². The van der Waals surface area contributed by atoms with Crippen molar-refractivity contribution in [1.82, 2.24) is 5.32 Å². The molecule has 0 radical (unpaired) electrons. The fourth-order valence-electron chi connectivity index (χ4n) is 2.01. The van der Waals surface area contributed by atoms with E-state index in [1.54, 1.807) is 11.8 Å². The van der Waals surface area contributed by atoms with Crippen LogP contribution in [0.2, 0.25) is 0 Å². The summed E-state index contributed by atoms with van der Waals surface area (Å²) in [5.41, 5.74) is 0. The van der Waals surface area contributed by atoms with Gasteiger partial charge in [0.2, 0.25) is 0 Å². The average molecular weight is 265 g/mol. The first-order chi connectivity index (χ1) is 8.83. The summed E-state index contributed by atoms with van der Waals surface area (Å²) in [4.78, 5) is 1.23. The van der Waals surface area contributed by atoms with Gasteiger partial charge in [0.25, 0.3) is 0 Å². The van der Waals surface area contributed by atoms with Gasteiger partial charge in [-0.25, -0.2) is 0 Å². The van der Waals surface area contributed by atoms with Gasteiger partial charge in [-0.2, -0.15) is 0 Å². The lowest BCUT2D eigenvalue weighted by Gasteiger charge is -2.20. The average Bonchev–Trinajstić information content (AvgIpc) is 3.21. The standard InChI is InChI=1S/C15H23NOS/c1-3-6-13(11-16-12-9-10-12)17-14-7-4-5-8-15(14)18-2/h4-5,7-8,12-13,16H,3,6,9-11H2,1-2H3. The first kappa shape index (κ1) is 13.8. The first-order valence-corrected chi connectivity index (χ1v) is 8.09. The van der Waals surface area contributed by atoms with Crippen molar-refractivity contribution in [3.05, 3.63) is 24.3 Å². The highest BCUT2D eigenvalue weighted by Gasteiger charge is 2.22. The monoisotopic (exact) mass is 265 g/mol. The van der Waals surface area contributed by atoms with E-state index in [-0.39, 0.29) is 0 Å². The highest BCUT2D eigenvalue weighted by atomic mass is 32.2. The van der Waals surface area contributed by atoms with E-state index in [2.05, 4.69) is 36.7 Å². The van der Waals surface area contributed by atoms with Gasteiger partial charge >= 0.3 is 0 Å². The Balaban J connectivity index is 1.92. The highest BCUT2D eigenvalue weighted by molar-refractivity contribution is 7.98. The molecular formula is C15H23NOS. The third kappa shape index (κ3) is 4.21. The van der Waals surface area contributed by atoms with Gasteiger partial charge in [0.1, 0.15) is 11.9 Å². The summed E-state index contributed by atoms with van der Waals surface area (Å²) >= 11 is 1.75. The summed E-state index contributed by atoms with van der Waals surface area (Å²) < 4.78 is 6.17. The SMILES string of the molecule is CCCC(CNC1CC1)Oc1ccccc1SC.